The number of nitrogens with one attached hydrogen (secondary N) is 1. The highest BCUT2D eigenvalue weighted by Gasteiger charge is 2.15. The van der Waals surface area contributed by atoms with E-state index >= 15 is 0 Å². The van der Waals surface area contributed by atoms with Gasteiger partial charge in [-0.1, -0.05) is 48.5 Å². The van der Waals surface area contributed by atoms with Crippen LogP contribution in [0, 0.1) is 11.3 Å². The van der Waals surface area contributed by atoms with Crippen molar-refractivity contribution in [3.8, 4) is 17.3 Å². The van der Waals surface area contributed by atoms with Crippen LogP contribution in [0.2, 0.25) is 0 Å². The molecule has 1 heterocycles. The van der Waals surface area contributed by atoms with Gasteiger partial charge in [0.25, 0.3) is 5.56 Å². The number of nitrogens with zero attached hydrogens (tertiary/aromatic N) is 4. The smallest absolute Gasteiger partial charge is 0.411 e. The van der Waals surface area contributed by atoms with Crippen LogP contribution in [-0.2, 0) is 11.3 Å². The number of unbranched alkanes of at least 4 members (excludes halogenated alkanes) is 1. The third kappa shape index (κ3) is 6.40. The zero-order valence-electron chi connectivity index (χ0n) is 21.0. The number of hydrogen-bond donors (Lipinski definition) is 1. The Morgan fingerprint density at radius 2 is 1.70 bits per heavy atom. The Hall–Kier alpha value is -4.48. The zero-order valence-corrected chi connectivity index (χ0v) is 21.0. The topological polar surface area (TPSA) is 100 Å². The molecule has 1 aromatic heterocycles. The number of amides is 1. The van der Waals surface area contributed by atoms with Crippen molar-refractivity contribution in [1.29, 1.82) is 5.26 Å². The summed E-state index contributed by atoms with van der Waals surface area (Å²) in [6.07, 6.45) is 1.27. The first-order valence-electron chi connectivity index (χ1n) is 12.1. The molecule has 0 saturated heterocycles. The molecule has 1 N–H and O–H groups in total. The molecule has 0 aliphatic carbocycles. The van der Waals surface area contributed by atoms with Crippen LogP contribution in [0.15, 0.2) is 77.6 Å². The summed E-state index contributed by atoms with van der Waals surface area (Å²) >= 11 is 0. The number of carbonyl (C=O) groups excluding carboxylic acids is 1. The first-order valence-corrected chi connectivity index (χ1v) is 12.1. The molecule has 0 radical (unpaired) electrons. The molecule has 0 saturated carbocycles. The molecule has 4 aromatic rings. The van der Waals surface area contributed by atoms with Crippen LogP contribution in [-0.4, -0.2) is 48.0 Å². The molecule has 0 unspecified atom stereocenters. The van der Waals surface area contributed by atoms with Crippen molar-refractivity contribution in [3.05, 3.63) is 94.3 Å². The first-order chi connectivity index (χ1) is 18.0. The molecule has 0 spiro atoms. The standard InChI is InChI=1S/C29H29N5O3/c1-33(2)17-7-8-18-37-29(36)31-23-15-13-21(14-16-23)20-34-28(35)26-12-6-5-11-25(26)27(32-34)24-10-4-3-9-22(24)19-30/h3-6,9-16H,7-8,17-18,20H2,1-2H3,(H,31,36). The van der Waals surface area contributed by atoms with E-state index in [0.717, 1.165) is 24.9 Å². The van der Waals surface area contributed by atoms with Gasteiger partial charge in [-0.2, -0.15) is 10.4 Å². The number of fused-ring (bicyclic) bond motifs is 1. The second kappa shape index (κ2) is 12.0. The van der Waals surface area contributed by atoms with Gasteiger partial charge in [-0.15, -0.1) is 0 Å². The predicted octanol–water partition coefficient (Wildman–Crippen LogP) is 4.87. The quantitative estimate of drug-likeness (QED) is 0.333. The van der Waals surface area contributed by atoms with Gasteiger partial charge in [-0.3, -0.25) is 10.1 Å². The largest absolute Gasteiger partial charge is 0.449 e. The van der Waals surface area contributed by atoms with Crippen molar-refractivity contribution < 1.29 is 9.53 Å². The van der Waals surface area contributed by atoms with E-state index in [0.29, 0.717) is 39.9 Å². The molecule has 3 aromatic carbocycles. The molecule has 188 valence electrons. The number of nitriles is 1. The lowest BCUT2D eigenvalue weighted by Gasteiger charge is -2.13. The molecule has 0 aliphatic heterocycles. The van der Waals surface area contributed by atoms with E-state index < -0.39 is 6.09 Å². The summed E-state index contributed by atoms with van der Waals surface area (Å²) in [5.74, 6) is 0. The van der Waals surface area contributed by atoms with E-state index in [2.05, 4.69) is 21.4 Å². The van der Waals surface area contributed by atoms with E-state index in [1.54, 1.807) is 30.3 Å². The Morgan fingerprint density at radius 3 is 2.43 bits per heavy atom. The van der Waals surface area contributed by atoms with Gasteiger partial charge in [0.2, 0.25) is 0 Å². The fourth-order valence-corrected chi connectivity index (χ4v) is 4.04. The normalized spacial score (nSPS) is 10.9. The third-order valence-corrected chi connectivity index (χ3v) is 5.94. The molecule has 0 fully saturated rings. The highest BCUT2D eigenvalue weighted by Crippen LogP contribution is 2.27. The van der Waals surface area contributed by atoms with E-state index in [9.17, 15) is 14.9 Å². The summed E-state index contributed by atoms with van der Waals surface area (Å²) in [6.45, 7) is 1.56. The van der Waals surface area contributed by atoms with Crippen LogP contribution in [0.4, 0.5) is 10.5 Å². The number of carbonyl (C=O) groups is 1. The lowest BCUT2D eigenvalue weighted by molar-refractivity contribution is 0.158. The van der Waals surface area contributed by atoms with Gasteiger partial charge in [0, 0.05) is 16.6 Å². The van der Waals surface area contributed by atoms with E-state index in [1.165, 1.54) is 4.68 Å². The Labute approximate surface area is 215 Å². The maximum atomic E-state index is 13.2. The SMILES string of the molecule is CN(C)CCCCOC(=O)Nc1ccc(Cn2nc(-c3ccccc3C#N)c3ccccc3c2=O)cc1. The van der Waals surface area contributed by atoms with Crippen LogP contribution < -0.4 is 10.9 Å². The maximum Gasteiger partial charge on any atom is 0.411 e. The lowest BCUT2D eigenvalue weighted by Crippen LogP contribution is -2.24. The summed E-state index contributed by atoms with van der Waals surface area (Å²) in [7, 11) is 4.02. The Kier molecular flexibility index (Phi) is 8.29. The molecule has 37 heavy (non-hydrogen) atoms. The molecule has 0 aliphatic rings. The summed E-state index contributed by atoms with van der Waals surface area (Å²) in [5, 5.41) is 18.2. The minimum absolute atomic E-state index is 0.214. The van der Waals surface area contributed by atoms with Crippen molar-refractivity contribution in [2.24, 2.45) is 0 Å². The number of hydrogen-bond acceptors (Lipinski definition) is 6. The number of rotatable bonds is 9. The minimum atomic E-state index is -0.495. The lowest BCUT2D eigenvalue weighted by atomic mass is 10.0. The molecule has 0 bridgehead atoms. The molecule has 4 rings (SSSR count). The van der Waals surface area contributed by atoms with Gasteiger partial charge in [0.15, 0.2) is 0 Å². The van der Waals surface area contributed by atoms with Crippen molar-refractivity contribution >= 4 is 22.6 Å². The Bertz CT molecular complexity index is 1490. The van der Waals surface area contributed by atoms with Crippen molar-refractivity contribution in [2.45, 2.75) is 19.4 Å². The summed E-state index contributed by atoms with van der Waals surface area (Å²) in [5.41, 5.74) is 2.98. The van der Waals surface area contributed by atoms with Gasteiger partial charge >= 0.3 is 6.09 Å². The van der Waals surface area contributed by atoms with Gasteiger partial charge in [0.05, 0.1) is 30.2 Å². The second-order valence-electron chi connectivity index (χ2n) is 8.98. The fourth-order valence-electron chi connectivity index (χ4n) is 4.04. The van der Waals surface area contributed by atoms with E-state index in [-0.39, 0.29) is 12.1 Å². The molecular formula is C29H29N5O3. The van der Waals surface area contributed by atoms with Crippen LogP contribution >= 0.6 is 0 Å². The van der Waals surface area contributed by atoms with Crippen LogP contribution in [0.3, 0.4) is 0 Å². The monoisotopic (exact) mass is 495 g/mol. The summed E-state index contributed by atoms with van der Waals surface area (Å²) < 4.78 is 6.65. The van der Waals surface area contributed by atoms with Crippen molar-refractivity contribution in [3.63, 3.8) is 0 Å². The minimum Gasteiger partial charge on any atom is -0.449 e. The summed E-state index contributed by atoms with van der Waals surface area (Å²) in [6, 6.07) is 23.9. The third-order valence-electron chi connectivity index (χ3n) is 5.94. The van der Waals surface area contributed by atoms with Gasteiger partial charge in [-0.25, -0.2) is 9.48 Å². The average Bonchev–Trinajstić information content (AvgIpc) is 2.91. The van der Waals surface area contributed by atoms with Gasteiger partial charge in [-0.05, 0) is 63.3 Å². The highest BCUT2D eigenvalue weighted by atomic mass is 16.5. The van der Waals surface area contributed by atoms with E-state index in [4.69, 9.17) is 4.74 Å². The number of anilines is 1. The Balaban J connectivity index is 1.51. The number of aromatic nitrogens is 2. The molecule has 8 heteroatoms. The van der Waals surface area contributed by atoms with Crippen LogP contribution in [0.5, 0.6) is 0 Å². The highest BCUT2D eigenvalue weighted by molar-refractivity contribution is 5.95. The van der Waals surface area contributed by atoms with Crippen molar-refractivity contribution in [2.75, 3.05) is 32.6 Å². The zero-order chi connectivity index (χ0) is 26.2. The van der Waals surface area contributed by atoms with Gasteiger partial charge in [0.1, 0.15) is 5.69 Å². The molecule has 0 atom stereocenters. The average molecular weight is 496 g/mol. The number of ether oxygens (including phenoxy) is 1. The molecule has 8 nitrogen and oxygen atoms in total. The number of benzene rings is 3. The van der Waals surface area contributed by atoms with Crippen molar-refractivity contribution in [1.82, 2.24) is 14.7 Å². The molecule has 1 amide bonds. The summed E-state index contributed by atoms with van der Waals surface area (Å²) in [4.78, 5) is 27.4. The van der Waals surface area contributed by atoms with Crippen LogP contribution in [0.1, 0.15) is 24.0 Å². The fraction of sp³-hybridized carbons (Fsp3) is 0.241. The second-order valence-corrected chi connectivity index (χ2v) is 8.98. The first kappa shape index (κ1) is 25.6. The van der Waals surface area contributed by atoms with Crippen LogP contribution in [0.25, 0.3) is 22.0 Å². The predicted molar refractivity (Wildman–Crippen MR) is 144 cm³/mol. The van der Waals surface area contributed by atoms with Gasteiger partial charge < -0.3 is 9.64 Å². The van der Waals surface area contributed by atoms with E-state index in [1.807, 2.05) is 56.6 Å². The maximum absolute atomic E-state index is 13.2. The molecular weight excluding hydrogens is 466 g/mol. The Morgan fingerprint density at radius 1 is 1.00 bits per heavy atom.